The SMILES string of the molecule is NCCCc1cnc(CCCO)s1. The molecule has 0 amide bonds. The standard InChI is InChI=1S/C9H16N2OS/c10-5-1-3-8-7-11-9(13-8)4-2-6-12/h7,12H,1-6,10H2. The maximum Gasteiger partial charge on any atom is 0.0928 e. The second kappa shape index (κ2) is 6.07. The predicted molar refractivity (Wildman–Crippen MR) is 54.9 cm³/mol. The fourth-order valence-electron chi connectivity index (χ4n) is 1.09. The van der Waals surface area contributed by atoms with E-state index in [1.165, 1.54) is 4.88 Å². The van der Waals surface area contributed by atoms with Gasteiger partial charge in [-0.05, 0) is 25.8 Å². The van der Waals surface area contributed by atoms with Crippen molar-refractivity contribution in [1.29, 1.82) is 0 Å². The van der Waals surface area contributed by atoms with Crippen molar-refractivity contribution in [3.8, 4) is 0 Å². The molecule has 1 heterocycles. The quantitative estimate of drug-likeness (QED) is 0.719. The van der Waals surface area contributed by atoms with E-state index in [4.69, 9.17) is 10.8 Å². The molecule has 0 aromatic carbocycles. The van der Waals surface area contributed by atoms with E-state index in [1.807, 2.05) is 6.20 Å². The number of aliphatic hydroxyl groups is 1. The van der Waals surface area contributed by atoms with Gasteiger partial charge >= 0.3 is 0 Å². The Bertz CT molecular complexity index is 215. The largest absolute Gasteiger partial charge is 0.396 e. The minimum Gasteiger partial charge on any atom is -0.396 e. The molecule has 0 unspecified atom stereocenters. The smallest absolute Gasteiger partial charge is 0.0928 e. The third-order valence-corrected chi connectivity index (χ3v) is 2.89. The second-order valence-electron chi connectivity index (χ2n) is 2.94. The summed E-state index contributed by atoms with van der Waals surface area (Å²) in [6, 6.07) is 0. The lowest BCUT2D eigenvalue weighted by atomic mass is 10.3. The van der Waals surface area contributed by atoms with Crippen LogP contribution in [0.4, 0.5) is 0 Å². The first kappa shape index (κ1) is 10.6. The third-order valence-electron chi connectivity index (χ3n) is 1.78. The molecule has 4 heteroatoms. The van der Waals surface area contributed by atoms with Crippen LogP contribution in [0.2, 0.25) is 0 Å². The van der Waals surface area contributed by atoms with E-state index in [9.17, 15) is 0 Å². The van der Waals surface area contributed by atoms with Crippen LogP contribution in [0.5, 0.6) is 0 Å². The highest BCUT2D eigenvalue weighted by Gasteiger charge is 2.00. The number of aromatic nitrogens is 1. The minimum atomic E-state index is 0.248. The second-order valence-corrected chi connectivity index (χ2v) is 4.14. The molecular weight excluding hydrogens is 184 g/mol. The van der Waals surface area contributed by atoms with Crippen LogP contribution < -0.4 is 5.73 Å². The molecule has 1 rings (SSSR count). The lowest BCUT2D eigenvalue weighted by Gasteiger charge is -1.92. The Morgan fingerprint density at radius 2 is 2.23 bits per heavy atom. The predicted octanol–water partition coefficient (Wildman–Crippen LogP) is 0.959. The van der Waals surface area contributed by atoms with Gasteiger partial charge in [-0.1, -0.05) is 0 Å². The molecule has 0 saturated heterocycles. The molecule has 0 fully saturated rings. The highest BCUT2D eigenvalue weighted by Crippen LogP contribution is 2.15. The summed E-state index contributed by atoms with van der Waals surface area (Å²) in [5, 5.41) is 9.76. The maximum absolute atomic E-state index is 8.64. The maximum atomic E-state index is 8.64. The zero-order chi connectivity index (χ0) is 9.52. The molecule has 0 atom stereocenters. The van der Waals surface area contributed by atoms with Gasteiger partial charge in [0.1, 0.15) is 0 Å². The number of nitrogens with two attached hydrogens (primary N) is 1. The van der Waals surface area contributed by atoms with Crippen LogP contribution in [0.1, 0.15) is 22.7 Å². The number of nitrogens with zero attached hydrogens (tertiary/aromatic N) is 1. The molecule has 3 N–H and O–H groups in total. The van der Waals surface area contributed by atoms with Crippen LogP contribution in [0.3, 0.4) is 0 Å². The molecule has 0 bridgehead atoms. The van der Waals surface area contributed by atoms with Gasteiger partial charge in [0.25, 0.3) is 0 Å². The number of hydrogen-bond acceptors (Lipinski definition) is 4. The zero-order valence-corrected chi connectivity index (χ0v) is 8.52. The van der Waals surface area contributed by atoms with E-state index in [-0.39, 0.29) is 6.61 Å². The Kier molecular flexibility index (Phi) is 4.97. The Morgan fingerprint density at radius 3 is 2.92 bits per heavy atom. The average molecular weight is 200 g/mol. The summed E-state index contributed by atoms with van der Waals surface area (Å²) in [6.07, 6.45) is 5.69. The fourth-order valence-corrected chi connectivity index (χ4v) is 2.09. The van der Waals surface area contributed by atoms with Gasteiger partial charge in [-0.3, -0.25) is 0 Å². The van der Waals surface area contributed by atoms with E-state index in [2.05, 4.69) is 4.98 Å². The van der Waals surface area contributed by atoms with Crippen molar-refractivity contribution in [1.82, 2.24) is 4.98 Å². The molecule has 3 nitrogen and oxygen atoms in total. The van der Waals surface area contributed by atoms with E-state index >= 15 is 0 Å². The summed E-state index contributed by atoms with van der Waals surface area (Å²) < 4.78 is 0. The van der Waals surface area contributed by atoms with Crippen molar-refractivity contribution >= 4 is 11.3 Å². The van der Waals surface area contributed by atoms with Crippen LogP contribution in [-0.2, 0) is 12.8 Å². The van der Waals surface area contributed by atoms with E-state index in [0.29, 0.717) is 0 Å². The molecule has 0 saturated carbocycles. The average Bonchev–Trinajstić information content (AvgIpc) is 2.59. The van der Waals surface area contributed by atoms with Gasteiger partial charge in [0.2, 0.25) is 0 Å². The van der Waals surface area contributed by atoms with Crippen molar-refractivity contribution in [3.63, 3.8) is 0 Å². The Hall–Kier alpha value is -0.450. The summed E-state index contributed by atoms with van der Waals surface area (Å²) in [5.41, 5.74) is 5.41. The van der Waals surface area contributed by atoms with Crippen molar-refractivity contribution < 1.29 is 5.11 Å². The first-order valence-corrected chi connectivity index (χ1v) is 5.43. The van der Waals surface area contributed by atoms with Gasteiger partial charge in [-0.15, -0.1) is 11.3 Å². The lowest BCUT2D eigenvalue weighted by Crippen LogP contribution is -1.99. The molecule has 0 aliphatic heterocycles. The van der Waals surface area contributed by atoms with Crippen molar-refractivity contribution in [2.75, 3.05) is 13.2 Å². The first-order chi connectivity index (χ1) is 6.36. The summed E-state index contributed by atoms with van der Waals surface area (Å²) in [5.74, 6) is 0. The van der Waals surface area contributed by atoms with Crippen LogP contribution in [0.25, 0.3) is 0 Å². The summed E-state index contributed by atoms with van der Waals surface area (Å²) in [4.78, 5) is 5.58. The number of aliphatic hydroxyl groups excluding tert-OH is 1. The molecule has 1 aromatic heterocycles. The van der Waals surface area contributed by atoms with E-state index in [0.717, 1.165) is 37.2 Å². The van der Waals surface area contributed by atoms with Crippen molar-refractivity contribution in [3.05, 3.63) is 16.1 Å². The number of hydrogen-bond donors (Lipinski definition) is 2. The van der Waals surface area contributed by atoms with Crippen LogP contribution in [-0.4, -0.2) is 23.2 Å². The Balaban J connectivity index is 2.34. The Morgan fingerprint density at radius 1 is 1.38 bits per heavy atom. The fraction of sp³-hybridized carbons (Fsp3) is 0.667. The van der Waals surface area contributed by atoms with Gasteiger partial charge in [0.05, 0.1) is 5.01 Å². The van der Waals surface area contributed by atoms with Crippen molar-refractivity contribution in [2.24, 2.45) is 5.73 Å². The van der Waals surface area contributed by atoms with Gasteiger partial charge in [0.15, 0.2) is 0 Å². The molecule has 1 aromatic rings. The number of rotatable bonds is 6. The minimum absolute atomic E-state index is 0.248. The normalized spacial score (nSPS) is 10.6. The third kappa shape index (κ3) is 3.85. The van der Waals surface area contributed by atoms with Crippen molar-refractivity contribution in [2.45, 2.75) is 25.7 Å². The summed E-state index contributed by atoms with van der Waals surface area (Å²) in [6.45, 7) is 0.988. The molecule has 13 heavy (non-hydrogen) atoms. The van der Waals surface area contributed by atoms with E-state index < -0.39 is 0 Å². The molecule has 0 aliphatic carbocycles. The van der Waals surface area contributed by atoms with Crippen LogP contribution in [0.15, 0.2) is 6.20 Å². The zero-order valence-electron chi connectivity index (χ0n) is 7.70. The molecule has 0 radical (unpaired) electrons. The molecule has 0 aliphatic rings. The number of thiazole rings is 1. The topological polar surface area (TPSA) is 59.1 Å². The monoisotopic (exact) mass is 200 g/mol. The van der Waals surface area contributed by atoms with Gasteiger partial charge < -0.3 is 10.8 Å². The lowest BCUT2D eigenvalue weighted by molar-refractivity contribution is 0.288. The summed E-state index contributed by atoms with van der Waals surface area (Å²) >= 11 is 1.74. The summed E-state index contributed by atoms with van der Waals surface area (Å²) in [7, 11) is 0. The van der Waals surface area contributed by atoms with Crippen LogP contribution >= 0.6 is 11.3 Å². The van der Waals surface area contributed by atoms with E-state index in [1.54, 1.807) is 11.3 Å². The van der Waals surface area contributed by atoms with Gasteiger partial charge in [-0.2, -0.15) is 0 Å². The Labute approximate surface area is 82.6 Å². The molecule has 74 valence electrons. The van der Waals surface area contributed by atoms with Crippen LogP contribution in [0, 0.1) is 0 Å². The molecule has 0 spiro atoms. The highest BCUT2D eigenvalue weighted by atomic mass is 32.1. The number of aryl methyl sites for hydroxylation is 2. The highest BCUT2D eigenvalue weighted by molar-refractivity contribution is 7.11. The van der Waals surface area contributed by atoms with Gasteiger partial charge in [0, 0.05) is 24.1 Å². The van der Waals surface area contributed by atoms with Gasteiger partial charge in [-0.25, -0.2) is 4.98 Å². The first-order valence-electron chi connectivity index (χ1n) is 4.61. The molecular formula is C9H16N2OS.